The third-order valence-electron chi connectivity index (χ3n) is 3.61. The summed E-state index contributed by atoms with van der Waals surface area (Å²) in [6, 6.07) is 11.2. The predicted molar refractivity (Wildman–Crippen MR) is 81.7 cm³/mol. The first-order chi connectivity index (χ1) is 10.7. The number of nitrogens with one attached hydrogen (secondary N) is 1. The van der Waals surface area contributed by atoms with Crippen molar-refractivity contribution in [2.45, 2.75) is 0 Å². The number of carbonyl (C=O) groups excluding carboxylic acids is 1. The quantitative estimate of drug-likeness (QED) is 0.612. The van der Waals surface area contributed by atoms with E-state index in [4.69, 9.17) is 0 Å². The number of tetrazole rings is 1. The molecule has 1 N–H and O–H groups in total. The van der Waals surface area contributed by atoms with Crippen LogP contribution in [0.15, 0.2) is 48.8 Å². The molecule has 4 aromatic rings. The number of benzene rings is 1. The molecule has 0 unspecified atom stereocenters. The van der Waals surface area contributed by atoms with Crippen molar-refractivity contribution in [1.82, 2.24) is 24.6 Å². The molecule has 0 saturated carbocycles. The minimum Gasteiger partial charge on any atom is -0.350 e. The van der Waals surface area contributed by atoms with Gasteiger partial charge in [-0.05, 0) is 46.1 Å². The van der Waals surface area contributed by atoms with E-state index in [1.54, 1.807) is 18.3 Å². The van der Waals surface area contributed by atoms with Gasteiger partial charge in [0.15, 0.2) is 5.65 Å². The van der Waals surface area contributed by atoms with Crippen molar-refractivity contribution in [3.8, 4) is 0 Å². The predicted octanol–water partition coefficient (Wildman–Crippen LogP) is 1.87. The topological polar surface area (TPSA) is 77.1 Å². The number of fused-ring (bicyclic) bond motifs is 2. The van der Waals surface area contributed by atoms with Crippen molar-refractivity contribution >= 4 is 28.1 Å². The molecule has 0 spiro atoms. The van der Waals surface area contributed by atoms with Crippen LogP contribution in [0.25, 0.3) is 16.6 Å². The number of nitrogens with zero attached hydrogens (tertiary/aromatic N) is 5. The number of aromatic nitrogens is 5. The Morgan fingerprint density at radius 2 is 2.05 bits per heavy atom. The Morgan fingerprint density at radius 3 is 2.95 bits per heavy atom. The highest BCUT2D eigenvalue weighted by Gasteiger charge is 2.09. The molecule has 108 valence electrons. The van der Waals surface area contributed by atoms with Gasteiger partial charge in [-0.3, -0.25) is 4.79 Å². The molecule has 0 aliphatic carbocycles. The van der Waals surface area contributed by atoms with Crippen molar-refractivity contribution in [2.75, 3.05) is 5.32 Å². The third kappa shape index (κ3) is 1.99. The van der Waals surface area contributed by atoms with Crippen LogP contribution in [0.1, 0.15) is 10.4 Å². The van der Waals surface area contributed by atoms with Crippen molar-refractivity contribution in [3.05, 3.63) is 54.4 Å². The fraction of sp³-hybridized carbons (Fsp3) is 0.0667. The molecule has 4 rings (SSSR count). The van der Waals surface area contributed by atoms with Crippen LogP contribution in [0.5, 0.6) is 0 Å². The SMILES string of the molecule is Cn1ccc2ccc(NC(=O)c3ccn4nnnc4c3)cc21. The lowest BCUT2D eigenvalue weighted by Gasteiger charge is -2.06. The summed E-state index contributed by atoms with van der Waals surface area (Å²) in [4.78, 5) is 12.3. The van der Waals surface area contributed by atoms with E-state index in [1.165, 1.54) is 4.52 Å². The van der Waals surface area contributed by atoms with E-state index in [2.05, 4.69) is 20.8 Å². The summed E-state index contributed by atoms with van der Waals surface area (Å²) in [5, 5.41) is 15.2. The number of hydrogen-bond acceptors (Lipinski definition) is 4. The molecule has 7 nitrogen and oxygen atoms in total. The fourth-order valence-electron chi connectivity index (χ4n) is 2.42. The zero-order valence-corrected chi connectivity index (χ0v) is 11.8. The molecular formula is C15H12N6O. The number of carbonyl (C=O) groups is 1. The van der Waals surface area contributed by atoms with Crippen LogP contribution in [0.2, 0.25) is 0 Å². The van der Waals surface area contributed by atoms with Crippen LogP contribution >= 0.6 is 0 Å². The number of anilines is 1. The molecule has 0 atom stereocenters. The maximum Gasteiger partial charge on any atom is 0.255 e. The lowest BCUT2D eigenvalue weighted by molar-refractivity contribution is 0.102. The summed E-state index contributed by atoms with van der Waals surface area (Å²) in [5.41, 5.74) is 2.86. The molecule has 0 aliphatic rings. The molecule has 0 bridgehead atoms. The second kappa shape index (κ2) is 4.66. The Bertz CT molecular complexity index is 1000. The molecular weight excluding hydrogens is 280 g/mol. The van der Waals surface area contributed by atoms with E-state index in [1.807, 2.05) is 42.1 Å². The van der Waals surface area contributed by atoms with Gasteiger partial charge in [0.25, 0.3) is 5.91 Å². The smallest absolute Gasteiger partial charge is 0.255 e. The van der Waals surface area contributed by atoms with Gasteiger partial charge >= 0.3 is 0 Å². The normalized spacial score (nSPS) is 11.1. The van der Waals surface area contributed by atoms with E-state index in [0.717, 1.165) is 16.6 Å². The van der Waals surface area contributed by atoms with Crippen LogP contribution in [0, 0.1) is 0 Å². The summed E-state index contributed by atoms with van der Waals surface area (Å²) in [7, 11) is 1.97. The summed E-state index contributed by atoms with van der Waals surface area (Å²) in [6.45, 7) is 0. The number of hydrogen-bond donors (Lipinski definition) is 1. The number of rotatable bonds is 2. The van der Waals surface area contributed by atoms with Gasteiger partial charge in [-0.15, -0.1) is 5.10 Å². The number of pyridine rings is 1. The van der Waals surface area contributed by atoms with Crippen molar-refractivity contribution in [1.29, 1.82) is 0 Å². The van der Waals surface area contributed by atoms with Gasteiger partial charge in [0.2, 0.25) is 0 Å². The molecule has 3 heterocycles. The molecule has 1 amide bonds. The van der Waals surface area contributed by atoms with Crippen molar-refractivity contribution < 1.29 is 4.79 Å². The Kier molecular flexibility index (Phi) is 2.65. The van der Waals surface area contributed by atoms with Gasteiger partial charge in [-0.25, -0.2) is 4.52 Å². The van der Waals surface area contributed by atoms with Gasteiger partial charge in [0.05, 0.1) is 0 Å². The highest BCUT2D eigenvalue weighted by molar-refractivity contribution is 6.05. The van der Waals surface area contributed by atoms with Gasteiger partial charge in [-0.1, -0.05) is 6.07 Å². The monoisotopic (exact) mass is 292 g/mol. The van der Waals surface area contributed by atoms with E-state index in [-0.39, 0.29) is 5.91 Å². The lowest BCUT2D eigenvalue weighted by atomic mass is 10.2. The first-order valence-electron chi connectivity index (χ1n) is 6.75. The fourth-order valence-corrected chi connectivity index (χ4v) is 2.42. The zero-order chi connectivity index (χ0) is 15.1. The van der Waals surface area contributed by atoms with Gasteiger partial charge in [0.1, 0.15) is 0 Å². The highest BCUT2D eigenvalue weighted by Crippen LogP contribution is 2.20. The molecule has 0 radical (unpaired) electrons. The van der Waals surface area contributed by atoms with Crippen LogP contribution in [-0.2, 0) is 7.05 Å². The number of amides is 1. The second-order valence-electron chi connectivity index (χ2n) is 5.05. The third-order valence-corrected chi connectivity index (χ3v) is 3.61. The van der Waals surface area contributed by atoms with E-state index < -0.39 is 0 Å². The minimum absolute atomic E-state index is 0.195. The summed E-state index contributed by atoms with van der Waals surface area (Å²) >= 11 is 0. The molecule has 7 heteroatoms. The summed E-state index contributed by atoms with van der Waals surface area (Å²) in [6.07, 6.45) is 3.65. The van der Waals surface area contributed by atoms with Gasteiger partial charge < -0.3 is 9.88 Å². The average molecular weight is 292 g/mol. The first-order valence-corrected chi connectivity index (χ1v) is 6.75. The second-order valence-corrected chi connectivity index (χ2v) is 5.05. The molecule has 1 aromatic carbocycles. The van der Waals surface area contributed by atoms with E-state index >= 15 is 0 Å². The Hall–Kier alpha value is -3.22. The maximum atomic E-state index is 12.3. The van der Waals surface area contributed by atoms with Crippen LogP contribution in [0.3, 0.4) is 0 Å². The largest absolute Gasteiger partial charge is 0.350 e. The van der Waals surface area contributed by atoms with E-state index in [9.17, 15) is 4.79 Å². The van der Waals surface area contributed by atoms with Crippen LogP contribution in [-0.4, -0.2) is 30.5 Å². The molecule has 0 fully saturated rings. The highest BCUT2D eigenvalue weighted by atomic mass is 16.1. The molecule has 22 heavy (non-hydrogen) atoms. The lowest BCUT2D eigenvalue weighted by Crippen LogP contribution is -2.12. The average Bonchev–Trinajstić information content (AvgIpc) is 3.13. The maximum absolute atomic E-state index is 12.3. The van der Waals surface area contributed by atoms with Crippen LogP contribution < -0.4 is 5.32 Å². The summed E-state index contributed by atoms with van der Waals surface area (Å²) in [5.74, 6) is -0.195. The molecule has 3 aromatic heterocycles. The number of aryl methyl sites for hydroxylation is 1. The van der Waals surface area contributed by atoms with Crippen molar-refractivity contribution in [3.63, 3.8) is 0 Å². The molecule has 0 saturated heterocycles. The Labute approximate surface area is 125 Å². The van der Waals surface area contributed by atoms with Gasteiger partial charge in [0, 0.05) is 36.2 Å². The van der Waals surface area contributed by atoms with Crippen molar-refractivity contribution in [2.24, 2.45) is 7.05 Å². The Balaban J connectivity index is 1.65. The minimum atomic E-state index is -0.195. The van der Waals surface area contributed by atoms with Gasteiger partial charge in [-0.2, -0.15) is 0 Å². The van der Waals surface area contributed by atoms with E-state index in [0.29, 0.717) is 11.2 Å². The molecule has 0 aliphatic heterocycles. The first kappa shape index (κ1) is 12.5. The Morgan fingerprint density at radius 1 is 1.14 bits per heavy atom. The van der Waals surface area contributed by atoms with Crippen LogP contribution in [0.4, 0.5) is 5.69 Å². The standard InChI is InChI=1S/C15H12N6O/c1-20-6-4-10-2-3-12(9-13(10)20)16-15(22)11-5-7-21-14(8-11)17-18-19-21/h2-9H,1H3,(H,16,22). The summed E-state index contributed by atoms with van der Waals surface area (Å²) < 4.78 is 3.52. The zero-order valence-electron chi connectivity index (χ0n) is 11.8.